The number of nitrogens with two attached hydrogens (primary N) is 1. The fourth-order valence-corrected chi connectivity index (χ4v) is 1.89. The van der Waals surface area contributed by atoms with E-state index in [-0.39, 0.29) is 19.7 Å². The number of amides is 3. The Morgan fingerprint density at radius 2 is 1.68 bits per heavy atom. The Balaban J connectivity index is 1.90. The number of hydroxylamine groups is 2. The van der Waals surface area contributed by atoms with E-state index in [1.807, 2.05) is 18.2 Å². The maximum Gasteiger partial charge on any atom is 0.312 e. The van der Waals surface area contributed by atoms with Crippen molar-refractivity contribution >= 4 is 11.9 Å². The van der Waals surface area contributed by atoms with Crippen LogP contribution < -0.4 is 20.5 Å². The van der Waals surface area contributed by atoms with E-state index in [9.17, 15) is 14.8 Å². The van der Waals surface area contributed by atoms with E-state index in [0.29, 0.717) is 22.3 Å². The predicted molar refractivity (Wildman–Crippen MR) is 89.5 cm³/mol. The van der Waals surface area contributed by atoms with E-state index >= 15 is 0 Å². The Bertz CT molecular complexity index is 708. The first kappa shape index (κ1) is 18.1. The van der Waals surface area contributed by atoms with Crippen molar-refractivity contribution < 1.29 is 24.3 Å². The molecule has 0 radical (unpaired) electrons. The molecule has 0 saturated heterocycles. The number of carbonyl (C=O) groups is 2. The molecule has 2 aromatic rings. The molecule has 0 unspecified atom stereocenters. The van der Waals surface area contributed by atoms with Crippen LogP contribution in [-0.4, -0.2) is 41.9 Å². The van der Waals surface area contributed by atoms with Crippen LogP contribution in [0.2, 0.25) is 0 Å². The second-order valence-electron chi connectivity index (χ2n) is 4.96. The molecule has 4 N–H and O–H groups in total. The summed E-state index contributed by atoms with van der Waals surface area (Å²) >= 11 is 0. The minimum absolute atomic E-state index is 0.0330. The Morgan fingerprint density at radius 3 is 2.36 bits per heavy atom. The van der Waals surface area contributed by atoms with Gasteiger partial charge in [0.1, 0.15) is 5.75 Å². The van der Waals surface area contributed by atoms with Crippen molar-refractivity contribution in [3.63, 3.8) is 0 Å². The number of nitrogens with zero attached hydrogens (tertiary/aromatic N) is 1. The Labute approximate surface area is 144 Å². The Hall–Kier alpha value is -3.26. The number of ether oxygens (including phenoxy) is 2. The van der Waals surface area contributed by atoms with E-state index in [0.717, 1.165) is 0 Å². The van der Waals surface area contributed by atoms with Crippen molar-refractivity contribution in [2.24, 2.45) is 5.73 Å². The summed E-state index contributed by atoms with van der Waals surface area (Å²) in [5.74, 6) is 0.775. The summed E-state index contributed by atoms with van der Waals surface area (Å²) < 4.78 is 11.2. The van der Waals surface area contributed by atoms with Gasteiger partial charge in [0.25, 0.3) is 5.91 Å². The number of benzene rings is 2. The molecule has 25 heavy (non-hydrogen) atoms. The number of nitrogens with one attached hydrogen (secondary N) is 1. The minimum Gasteiger partial charge on any atom is -0.480 e. The molecule has 0 bridgehead atoms. The lowest BCUT2D eigenvalue weighted by Crippen LogP contribution is -2.40. The van der Waals surface area contributed by atoms with Crippen LogP contribution in [0, 0.1) is 0 Å². The fourth-order valence-electron chi connectivity index (χ4n) is 1.89. The largest absolute Gasteiger partial charge is 0.480 e. The maximum absolute atomic E-state index is 11.8. The lowest BCUT2D eigenvalue weighted by molar-refractivity contribution is -0.167. The third-order valence-electron chi connectivity index (χ3n) is 3.08. The first-order valence-corrected chi connectivity index (χ1v) is 7.53. The number of carbonyl (C=O) groups excluding carboxylic acids is 2. The van der Waals surface area contributed by atoms with Gasteiger partial charge in [0.2, 0.25) is 0 Å². The second-order valence-corrected chi connectivity index (χ2v) is 4.96. The molecule has 0 heterocycles. The fraction of sp³-hybridized carbons (Fsp3) is 0.176. The Morgan fingerprint density at radius 1 is 1.04 bits per heavy atom. The van der Waals surface area contributed by atoms with Crippen molar-refractivity contribution in [3.05, 3.63) is 54.6 Å². The number of hydrogen-bond acceptors (Lipinski definition) is 5. The lowest BCUT2D eigenvalue weighted by Gasteiger charge is -2.16. The monoisotopic (exact) mass is 345 g/mol. The number of para-hydroxylation sites is 3. The standard InChI is InChI=1S/C17H19N3O5/c18-17(22)19-10-11-20(23)16(21)12-24-14-8-4-5-9-15(14)25-13-6-2-1-3-7-13/h1-9,23H,10-12H2,(H3,18,19,22). The molecule has 0 saturated carbocycles. The molecule has 2 rings (SSSR count). The van der Waals surface area contributed by atoms with Crippen LogP contribution in [0.4, 0.5) is 4.79 Å². The van der Waals surface area contributed by atoms with Gasteiger partial charge >= 0.3 is 6.03 Å². The molecule has 8 nitrogen and oxygen atoms in total. The summed E-state index contributed by atoms with van der Waals surface area (Å²) in [6.07, 6.45) is 0. The first-order chi connectivity index (χ1) is 12.1. The summed E-state index contributed by atoms with van der Waals surface area (Å²) in [7, 11) is 0. The van der Waals surface area contributed by atoms with Gasteiger partial charge in [-0.05, 0) is 24.3 Å². The van der Waals surface area contributed by atoms with Crippen LogP contribution in [0.15, 0.2) is 54.6 Å². The summed E-state index contributed by atoms with van der Waals surface area (Å²) in [6.45, 7) is -0.458. The zero-order chi connectivity index (χ0) is 18.1. The minimum atomic E-state index is -0.732. The quantitative estimate of drug-likeness (QED) is 0.498. The van der Waals surface area contributed by atoms with Crippen LogP contribution in [0.5, 0.6) is 17.2 Å². The molecule has 0 aliphatic heterocycles. The third-order valence-corrected chi connectivity index (χ3v) is 3.08. The average molecular weight is 345 g/mol. The number of hydrogen-bond donors (Lipinski definition) is 3. The van der Waals surface area contributed by atoms with Crippen LogP contribution >= 0.6 is 0 Å². The molecule has 8 heteroatoms. The highest BCUT2D eigenvalue weighted by Crippen LogP contribution is 2.30. The van der Waals surface area contributed by atoms with Crippen LogP contribution in [0.3, 0.4) is 0 Å². The molecule has 2 aromatic carbocycles. The number of rotatable bonds is 8. The van der Waals surface area contributed by atoms with E-state index in [4.69, 9.17) is 15.2 Å². The van der Waals surface area contributed by atoms with Gasteiger partial charge in [-0.15, -0.1) is 0 Å². The van der Waals surface area contributed by atoms with Gasteiger partial charge in [0.15, 0.2) is 18.1 Å². The predicted octanol–water partition coefficient (Wildman–Crippen LogP) is 1.74. The van der Waals surface area contributed by atoms with Gasteiger partial charge < -0.3 is 20.5 Å². The topological polar surface area (TPSA) is 114 Å². The molecular weight excluding hydrogens is 326 g/mol. The molecule has 0 aromatic heterocycles. The highest BCUT2D eigenvalue weighted by atomic mass is 16.5. The molecule has 132 valence electrons. The van der Waals surface area contributed by atoms with Crippen molar-refractivity contribution in [3.8, 4) is 17.2 Å². The molecule has 0 aliphatic carbocycles. The van der Waals surface area contributed by atoms with E-state index < -0.39 is 11.9 Å². The smallest absolute Gasteiger partial charge is 0.312 e. The normalized spacial score (nSPS) is 9.96. The van der Waals surface area contributed by atoms with Crippen LogP contribution in [-0.2, 0) is 4.79 Å². The van der Waals surface area contributed by atoms with Gasteiger partial charge in [0, 0.05) is 6.54 Å². The van der Waals surface area contributed by atoms with Crippen molar-refractivity contribution in [2.45, 2.75) is 0 Å². The van der Waals surface area contributed by atoms with E-state index in [1.54, 1.807) is 36.4 Å². The molecule has 0 fully saturated rings. The van der Waals surface area contributed by atoms with E-state index in [2.05, 4.69) is 5.32 Å². The molecule has 0 atom stereocenters. The maximum atomic E-state index is 11.8. The highest BCUT2D eigenvalue weighted by Gasteiger charge is 2.13. The Kier molecular flexibility index (Phi) is 6.61. The zero-order valence-corrected chi connectivity index (χ0v) is 13.4. The third kappa shape index (κ3) is 6.04. The summed E-state index contributed by atoms with van der Waals surface area (Å²) in [5.41, 5.74) is 4.90. The van der Waals surface area contributed by atoms with E-state index in [1.165, 1.54) is 0 Å². The lowest BCUT2D eigenvalue weighted by atomic mass is 10.3. The summed E-state index contributed by atoms with van der Waals surface area (Å²) in [5, 5.41) is 12.3. The van der Waals surface area contributed by atoms with Gasteiger partial charge in [0.05, 0.1) is 6.54 Å². The average Bonchev–Trinajstić information content (AvgIpc) is 2.61. The zero-order valence-electron chi connectivity index (χ0n) is 13.4. The molecular formula is C17H19N3O5. The van der Waals surface area contributed by atoms with Crippen molar-refractivity contribution in [2.75, 3.05) is 19.7 Å². The molecule has 0 aliphatic rings. The molecule has 0 spiro atoms. The van der Waals surface area contributed by atoms with Gasteiger partial charge in [-0.1, -0.05) is 30.3 Å². The highest BCUT2D eigenvalue weighted by molar-refractivity contribution is 5.76. The van der Waals surface area contributed by atoms with Gasteiger partial charge in [-0.3, -0.25) is 10.0 Å². The summed E-state index contributed by atoms with van der Waals surface area (Å²) in [4.78, 5) is 22.4. The first-order valence-electron chi connectivity index (χ1n) is 7.53. The van der Waals surface area contributed by atoms with Crippen LogP contribution in [0.1, 0.15) is 0 Å². The number of urea groups is 1. The van der Waals surface area contributed by atoms with Crippen LogP contribution in [0.25, 0.3) is 0 Å². The molecule has 3 amide bonds. The van der Waals surface area contributed by atoms with Gasteiger partial charge in [-0.2, -0.15) is 0 Å². The van der Waals surface area contributed by atoms with Crippen molar-refractivity contribution in [1.82, 2.24) is 10.4 Å². The summed E-state index contributed by atoms with van der Waals surface area (Å²) in [6, 6.07) is 15.3. The van der Waals surface area contributed by atoms with Gasteiger partial charge in [-0.25, -0.2) is 9.86 Å². The second kappa shape index (κ2) is 9.14. The number of primary amides is 1. The SMILES string of the molecule is NC(=O)NCCN(O)C(=O)COc1ccccc1Oc1ccccc1. The van der Waals surface area contributed by atoms with Crippen molar-refractivity contribution in [1.29, 1.82) is 0 Å².